The van der Waals surface area contributed by atoms with Gasteiger partial charge in [-0.3, -0.25) is 19.2 Å². The number of carbonyl (C=O) groups is 4. The number of rotatable bonds is 2. The minimum atomic E-state index is -4.61. The largest absolute Gasteiger partial charge is 0.416 e. The standard InChI is InChI=1S/C38H25F3O4S2/c1-16-6-8-20-22(10-16)24(32(44)30(20)42)12-18-14-26-28(36(18,2)3)34-35(46-26)29-27(47-34)15-19(37(29,4)5)13-25-23-11-17(38(39,40)41)7-9-21(23)31(43)33(25)45/h6-15H,1-5H3/b24-12-,25-13-. The van der Waals surface area contributed by atoms with E-state index in [0.717, 1.165) is 65.2 Å². The van der Waals surface area contributed by atoms with Gasteiger partial charge in [0.25, 0.3) is 0 Å². The highest BCUT2D eigenvalue weighted by atomic mass is 32.1. The minimum Gasteiger partial charge on any atom is -0.285 e. The fourth-order valence-corrected chi connectivity index (χ4v) is 10.7. The zero-order valence-electron chi connectivity index (χ0n) is 25.9. The Kier molecular flexibility index (Phi) is 5.93. The quantitative estimate of drug-likeness (QED) is 0.158. The van der Waals surface area contributed by atoms with Gasteiger partial charge in [-0.25, -0.2) is 0 Å². The predicted molar refractivity (Wildman–Crippen MR) is 179 cm³/mol. The maximum absolute atomic E-state index is 13.5. The van der Waals surface area contributed by atoms with Crippen molar-refractivity contribution in [2.24, 2.45) is 0 Å². The van der Waals surface area contributed by atoms with E-state index in [4.69, 9.17) is 0 Å². The van der Waals surface area contributed by atoms with Crippen LogP contribution in [0.15, 0.2) is 59.7 Å². The van der Waals surface area contributed by atoms with E-state index in [1.165, 1.54) is 0 Å². The maximum atomic E-state index is 13.5. The zero-order chi connectivity index (χ0) is 33.5. The number of Topliss-reactive ketones (excluding diaryl/α,β-unsaturated/α-hetero) is 4. The highest BCUT2D eigenvalue weighted by Crippen LogP contribution is 2.58. The number of fused-ring (bicyclic) bond motifs is 7. The highest BCUT2D eigenvalue weighted by molar-refractivity contribution is 7.29. The number of ketones is 4. The van der Waals surface area contributed by atoms with Crippen LogP contribution >= 0.6 is 22.7 Å². The molecular weight excluding hydrogens is 642 g/mol. The molecule has 4 nitrogen and oxygen atoms in total. The van der Waals surface area contributed by atoms with Crippen molar-refractivity contribution in [1.82, 2.24) is 0 Å². The lowest BCUT2D eigenvalue weighted by Crippen LogP contribution is -2.17. The van der Waals surface area contributed by atoms with Crippen LogP contribution in [0.2, 0.25) is 0 Å². The van der Waals surface area contributed by atoms with Crippen molar-refractivity contribution >= 4 is 78.5 Å². The second-order valence-electron chi connectivity index (χ2n) is 13.5. The van der Waals surface area contributed by atoms with Crippen molar-refractivity contribution in [1.29, 1.82) is 0 Å². The number of halogens is 3. The van der Waals surface area contributed by atoms with Gasteiger partial charge >= 0.3 is 6.18 Å². The van der Waals surface area contributed by atoms with E-state index in [9.17, 15) is 32.3 Å². The first-order valence-corrected chi connectivity index (χ1v) is 16.6. The van der Waals surface area contributed by atoms with E-state index in [1.54, 1.807) is 34.8 Å². The first-order chi connectivity index (χ1) is 22.0. The molecule has 0 amide bonds. The minimum absolute atomic E-state index is 0.00999. The van der Waals surface area contributed by atoms with Gasteiger partial charge in [-0.1, -0.05) is 51.5 Å². The zero-order valence-corrected chi connectivity index (χ0v) is 27.5. The van der Waals surface area contributed by atoms with Gasteiger partial charge in [-0.05, 0) is 82.8 Å². The second-order valence-corrected chi connectivity index (χ2v) is 15.6. The van der Waals surface area contributed by atoms with Crippen LogP contribution in [-0.2, 0) is 26.6 Å². The second kappa shape index (κ2) is 9.33. The van der Waals surface area contributed by atoms with Gasteiger partial charge in [0.1, 0.15) is 0 Å². The summed E-state index contributed by atoms with van der Waals surface area (Å²) < 4.78 is 42.8. The van der Waals surface area contributed by atoms with E-state index < -0.39 is 45.7 Å². The molecule has 234 valence electrons. The molecule has 0 saturated heterocycles. The molecular formula is C38H25F3O4S2. The maximum Gasteiger partial charge on any atom is 0.416 e. The summed E-state index contributed by atoms with van der Waals surface area (Å²) in [7, 11) is 0. The average molecular weight is 667 g/mol. The number of hydrogen-bond acceptors (Lipinski definition) is 6. The normalized spacial score (nSPS) is 20.8. The van der Waals surface area contributed by atoms with Crippen molar-refractivity contribution in [2.45, 2.75) is 51.6 Å². The molecule has 4 aliphatic carbocycles. The summed E-state index contributed by atoms with van der Waals surface area (Å²) in [5.41, 5.74) is 4.42. The summed E-state index contributed by atoms with van der Waals surface area (Å²) in [5.74, 6) is -2.58. The predicted octanol–water partition coefficient (Wildman–Crippen LogP) is 9.34. The van der Waals surface area contributed by atoms with Gasteiger partial charge < -0.3 is 0 Å². The van der Waals surface area contributed by atoms with Crippen molar-refractivity contribution in [3.8, 4) is 0 Å². The Morgan fingerprint density at radius 2 is 1.06 bits per heavy atom. The Balaban J connectivity index is 1.20. The molecule has 0 aliphatic heterocycles. The number of alkyl halides is 3. The molecule has 47 heavy (non-hydrogen) atoms. The van der Waals surface area contributed by atoms with Crippen molar-refractivity contribution in [2.75, 3.05) is 0 Å². The third-order valence-corrected chi connectivity index (χ3v) is 12.4. The van der Waals surface area contributed by atoms with Crippen LogP contribution in [0.5, 0.6) is 0 Å². The van der Waals surface area contributed by atoms with Crippen LogP contribution in [0, 0.1) is 6.92 Å². The number of benzene rings is 2. The number of allylic oxidation sites excluding steroid dienone is 6. The highest BCUT2D eigenvalue weighted by Gasteiger charge is 2.44. The van der Waals surface area contributed by atoms with Gasteiger partial charge in [0.05, 0.1) is 15.0 Å². The summed E-state index contributed by atoms with van der Waals surface area (Å²) in [6.45, 7) is 10.2. The van der Waals surface area contributed by atoms with Crippen LogP contribution in [-0.4, -0.2) is 23.1 Å². The summed E-state index contributed by atoms with van der Waals surface area (Å²) in [4.78, 5) is 53.5. The molecule has 4 aliphatic rings. The molecule has 2 aromatic heterocycles. The summed E-state index contributed by atoms with van der Waals surface area (Å²) in [5, 5.41) is 0. The van der Waals surface area contributed by atoms with Crippen molar-refractivity contribution in [3.05, 3.63) is 114 Å². The van der Waals surface area contributed by atoms with Crippen LogP contribution in [0.25, 0.3) is 32.7 Å². The molecule has 8 rings (SSSR count). The van der Waals surface area contributed by atoms with Gasteiger partial charge in [0.2, 0.25) is 23.1 Å². The first kappa shape index (κ1) is 29.9. The van der Waals surface area contributed by atoms with Crippen molar-refractivity contribution in [3.63, 3.8) is 0 Å². The fourth-order valence-electron chi connectivity index (χ4n) is 7.28. The smallest absolute Gasteiger partial charge is 0.285 e. The average Bonchev–Trinajstić information content (AvgIpc) is 3.75. The van der Waals surface area contributed by atoms with Crippen LogP contribution in [0.1, 0.15) is 91.5 Å². The summed E-state index contributed by atoms with van der Waals surface area (Å²) in [6, 6.07) is 8.24. The van der Waals surface area contributed by atoms with Crippen molar-refractivity contribution < 1.29 is 32.3 Å². The number of thiophene rings is 2. The molecule has 0 unspecified atom stereocenters. The molecule has 0 bridgehead atoms. The molecule has 0 N–H and O–H groups in total. The molecule has 0 spiro atoms. The number of carbonyl (C=O) groups excluding carboxylic acids is 4. The Morgan fingerprint density at radius 1 is 0.617 bits per heavy atom. The lowest BCUT2D eigenvalue weighted by atomic mass is 9.79. The molecule has 0 atom stereocenters. The SMILES string of the molecule is Cc1ccc2c(c1)/C(=C/C1=Cc3sc4c5c(sc4c3C1(C)C)C=C(/C=C1\C(=O)C(=O)c3ccc(C(F)(F)F)cc31)C5(C)C)C(=O)C2=O. The summed E-state index contributed by atoms with van der Waals surface area (Å²) >= 11 is 3.27. The molecule has 0 saturated carbocycles. The summed E-state index contributed by atoms with van der Waals surface area (Å²) in [6.07, 6.45) is 2.90. The molecule has 0 fully saturated rings. The van der Waals surface area contributed by atoms with E-state index in [2.05, 4.69) is 19.9 Å². The number of hydrogen-bond donors (Lipinski definition) is 0. The Morgan fingerprint density at radius 3 is 1.53 bits per heavy atom. The van der Waals surface area contributed by atoms with E-state index in [0.29, 0.717) is 16.7 Å². The Labute approximate surface area is 275 Å². The molecule has 2 aromatic carbocycles. The van der Waals surface area contributed by atoms with Crippen LogP contribution in [0.3, 0.4) is 0 Å². The van der Waals surface area contributed by atoms with Gasteiger partial charge in [0, 0.05) is 42.9 Å². The molecule has 0 radical (unpaired) electrons. The van der Waals surface area contributed by atoms with E-state index >= 15 is 0 Å². The monoisotopic (exact) mass is 666 g/mol. The van der Waals surface area contributed by atoms with Gasteiger partial charge in [-0.2, -0.15) is 13.2 Å². The molecule has 2 heterocycles. The van der Waals surface area contributed by atoms with E-state index in [1.807, 2.05) is 45.1 Å². The first-order valence-electron chi connectivity index (χ1n) is 15.0. The van der Waals surface area contributed by atoms with Gasteiger partial charge in [-0.15, -0.1) is 22.7 Å². The lowest BCUT2D eigenvalue weighted by Gasteiger charge is -2.23. The molecule has 4 aromatic rings. The van der Waals surface area contributed by atoms with Gasteiger partial charge in [0.15, 0.2) is 0 Å². The van der Waals surface area contributed by atoms with E-state index in [-0.39, 0.29) is 16.7 Å². The Hall–Kier alpha value is -4.47. The van der Waals surface area contributed by atoms with Crippen LogP contribution < -0.4 is 0 Å². The topological polar surface area (TPSA) is 68.3 Å². The molecule has 9 heteroatoms. The van der Waals surface area contributed by atoms with Crippen LogP contribution in [0.4, 0.5) is 13.2 Å². The lowest BCUT2D eigenvalue weighted by molar-refractivity contribution is -0.137. The Bertz CT molecular complexity index is 2370. The third-order valence-electron chi connectivity index (χ3n) is 9.94. The fraction of sp³-hybridized carbons (Fsp3) is 0.211. The number of aryl methyl sites for hydroxylation is 1. The third kappa shape index (κ3) is 3.99.